The van der Waals surface area contributed by atoms with E-state index in [1.165, 1.54) is 5.82 Å². The van der Waals surface area contributed by atoms with Gasteiger partial charge < -0.3 is 0 Å². The predicted molar refractivity (Wildman–Crippen MR) is 71.5 cm³/mol. The molecule has 3 heteroatoms. The Balaban J connectivity index is 2.42. The lowest BCUT2D eigenvalue weighted by Gasteiger charge is -2.11. The molecule has 0 unspecified atom stereocenters. The van der Waals surface area contributed by atoms with Crippen LogP contribution in [0.4, 0.5) is 0 Å². The number of hydrogen-bond donors (Lipinski definition) is 1. The largest absolute Gasteiger partial charge is 0.298 e. The van der Waals surface area contributed by atoms with E-state index in [1.54, 1.807) is 0 Å². The SMILES string of the molecule is C[n+]1cc(-c2ccc(C=O)cc2)[nH]c1C(C)(C)C. The van der Waals surface area contributed by atoms with E-state index >= 15 is 0 Å². The summed E-state index contributed by atoms with van der Waals surface area (Å²) in [6, 6.07) is 7.59. The number of nitrogens with one attached hydrogen (secondary N) is 1. The molecule has 1 heterocycles. The number of carbonyl (C=O) groups excluding carboxylic acids is 1. The molecule has 1 aromatic carbocycles. The molecule has 0 aliphatic rings. The molecule has 0 fully saturated rings. The smallest absolute Gasteiger partial charge is 0.259 e. The minimum absolute atomic E-state index is 0.0791. The first-order chi connectivity index (χ1) is 8.41. The highest BCUT2D eigenvalue weighted by Crippen LogP contribution is 2.22. The third kappa shape index (κ3) is 2.35. The first-order valence-electron chi connectivity index (χ1n) is 6.06. The van der Waals surface area contributed by atoms with Crippen LogP contribution in [0.25, 0.3) is 11.3 Å². The number of aromatic nitrogens is 2. The molecular formula is C15H19N2O+. The molecule has 0 atom stereocenters. The number of carbonyl (C=O) groups is 1. The van der Waals surface area contributed by atoms with Crippen LogP contribution in [0.3, 0.4) is 0 Å². The second kappa shape index (κ2) is 4.41. The summed E-state index contributed by atoms with van der Waals surface area (Å²) in [5.74, 6) is 1.18. The number of hydrogen-bond acceptors (Lipinski definition) is 1. The van der Waals surface area contributed by atoms with E-state index < -0.39 is 0 Å². The Morgan fingerprint density at radius 3 is 2.22 bits per heavy atom. The van der Waals surface area contributed by atoms with E-state index in [9.17, 15) is 4.79 Å². The minimum atomic E-state index is 0.0791. The fourth-order valence-corrected chi connectivity index (χ4v) is 2.11. The number of aromatic amines is 1. The first kappa shape index (κ1) is 12.6. The Labute approximate surface area is 107 Å². The summed E-state index contributed by atoms with van der Waals surface area (Å²) in [6.07, 6.45) is 2.94. The predicted octanol–water partition coefficient (Wildman–Crippen LogP) is 2.62. The van der Waals surface area contributed by atoms with E-state index in [0.717, 1.165) is 17.5 Å². The molecule has 0 spiro atoms. The van der Waals surface area contributed by atoms with Crippen molar-refractivity contribution in [2.75, 3.05) is 0 Å². The van der Waals surface area contributed by atoms with Gasteiger partial charge in [0, 0.05) is 11.1 Å². The lowest BCUT2D eigenvalue weighted by atomic mass is 9.96. The summed E-state index contributed by atoms with van der Waals surface area (Å²) in [5, 5.41) is 0. The first-order valence-corrected chi connectivity index (χ1v) is 6.06. The van der Waals surface area contributed by atoms with Crippen molar-refractivity contribution in [3.05, 3.63) is 41.9 Å². The maximum Gasteiger partial charge on any atom is 0.259 e. The number of aryl methyl sites for hydroxylation is 1. The molecule has 0 aliphatic carbocycles. The van der Waals surface area contributed by atoms with Gasteiger partial charge in [0.25, 0.3) is 5.82 Å². The average molecular weight is 243 g/mol. The number of nitrogens with zero attached hydrogens (tertiary/aromatic N) is 1. The second-order valence-electron chi connectivity index (χ2n) is 5.62. The van der Waals surface area contributed by atoms with Gasteiger partial charge in [-0.3, -0.25) is 4.79 Å². The summed E-state index contributed by atoms with van der Waals surface area (Å²) in [4.78, 5) is 14.1. The Kier molecular flexibility index (Phi) is 3.07. The van der Waals surface area contributed by atoms with Crippen molar-refractivity contribution in [1.29, 1.82) is 0 Å². The molecule has 3 nitrogen and oxygen atoms in total. The molecule has 18 heavy (non-hydrogen) atoms. The summed E-state index contributed by atoms with van der Waals surface area (Å²) >= 11 is 0. The number of H-pyrrole nitrogens is 1. The average Bonchev–Trinajstić information content (AvgIpc) is 2.71. The van der Waals surface area contributed by atoms with Crippen molar-refractivity contribution in [3.8, 4) is 11.3 Å². The van der Waals surface area contributed by atoms with E-state index in [-0.39, 0.29) is 5.41 Å². The molecule has 94 valence electrons. The van der Waals surface area contributed by atoms with Crippen molar-refractivity contribution in [2.24, 2.45) is 7.05 Å². The molecule has 1 N–H and O–H groups in total. The molecule has 0 radical (unpaired) electrons. The molecule has 2 aromatic rings. The quantitative estimate of drug-likeness (QED) is 0.639. The second-order valence-corrected chi connectivity index (χ2v) is 5.62. The normalized spacial score (nSPS) is 11.6. The number of aldehydes is 1. The lowest BCUT2D eigenvalue weighted by Crippen LogP contribution is -2.37. The number of rotatable bonds is 2. The lowest BCUT2D eigenvalue weighted by molar-refractivity contribution is -0.681. The molecule has 0 saturated carbocycles. The summed E-state index contributed by atoms with van der Waals surface area (Å²) in [5.41, 5.74) is 2.94. The maximum atomic E-state index is 10.6. The zero-order chi connectivity index (χ0) is 13.3. The van der Waals surface area contributed by atoms with Crippen molar-refractivity contribution < 1.29 is 9.36 Å². The number of benzene rings is 1. The van der Waals surface area contributed by atoms with Crippen LogP contribution in [0.5, 0.6) is 0 Å². The molecule has 0 bridgehead atoms. The van der Waals surface area contributed by atoms with Gasteiger partial charge in [-0.2, -0.15) is 0 Å². The Morgan fingerprint density at radius 1 is 1.17 bits per heavy atom. The zero-order valence-corrected chi connectivity index (χ0v) is 11.3. The topological polar surface area (TPSA) is 36.7 Å². The molecule has 0 amide bonds. The Hall–Kier alpha value is -1.90. The fourth-order valence-electron chi connectivity index (χ4n) is 2.11. The highest BCUT2D eigenvalue weighted by Gasteiger charge is 2.26. The van der Waals surface area contributed by atoms with Crippen LogP contribution in [0.2, 0.25) is 0 Å². The van der Waals surface area contributed by atoms with Crippen LogP contribution >= 0.6 is 0 Å². The zero-order valence-electron chi connectivity index (χ0n) is 11.3. The van der Waals surface area contributed by atoms with Crippen LogP contribution < -0.4 is 4.57 Å². The van der Waals surface area contributed by atoms with Gasteiger partial charge >= 0.3 is 0 Å². The Morgan fingerprint density at radius 2 is 1.78 bits per heavy atom. The van der Waals surface area contributed by atoms with Crippen LogP contribution in [0.1, 0.15) is 37.0 Å². The van der Waals surface area contributed by atoms with E-state index in [2.05, 4.69) is 36.5 Å². The van der Waals surface area contributed by atoms with E-state index in [0.29, 0.717) is 5.56 Å². The monoisotopic (exact) mass is 243 g/mol. The van der Waals surface area contributed by atoms with Crippen LogP contribution in [0, 0.1) is 0 Å². The van der Waals surface area contributed by atoms with Crippen molar-refractivity contribution >= 4 is 6.29 Å². The van der Waals surface area contributed by atoms with Crippen LogP contribution in [-0.4, -0.2) is 11.3 Å². The van der Waals surface area contributed by atoms with E-state index in [4.69, 9.17) is 0 Å². The van der Waals surface area contributed by atoms with Crippen LogP contribution in [-0.2, 0) is 12.5 Å². The van der Waals surface area contributed by atoms with Gasteiger partial charge in [0.05, 0.1) is 12.5 Å². The molecule has 0 saturated heterocycles. The summed E-state index contributed by atoms with van der Waals surface area (Å²) in [7, 11) is 2.04. The number of imidazole rings is 1. The van der Waals surface area contributed by atoms with E-state index in [1.807, 2.05) is 31.3 Å². The highest BCUT2D eigenvalue weighted by atomic mass is 16.1. The summed E-state index contributed by atoms with van der Waals surface area (Å²) in [6.45, 7) is 6.54. The van der Waals surface area contributed by atoms with Crippen molar-refractivity contribution in [3.63, 3.8) is 0 Å². The van der Waals surface area contributed by atoms with Gasteiger partial charge in [-0.1, -0.05) is 12.1 Å². The third-order valence-corrected chi connectivity index (χ3v) is 3.00. The van der Waals surface area contributed by atoms with Crippen molar-refractivity contribution in [1.82, 2.24) is 4.98 Å². The molecule has 1 aromatic heterocycles. The summed E-state index contributed by atoms with van der Waals surface area (Å²) < 4.78 is 2.11. The van der Waals surface area contributed by atoms with Gasteiger partial charge in [0.2, 0.25) is 0 Å². The van der Waals surface area contributed by atoms with Crippen molar-refractivity contribution in [2.45, 2.75) is 26.2 Å². The van der Waals surface area contributed by atoms with Gasteiger partial charge in [0.1, 0.15) is 12.5 Å². The Bertz CT molecular complexity index is 559. The molecular weight excluding hydrogens is 224 g/mol. The van der Waals surface area contributed by atoms with Crippen LogP contribution in [0.15, 0.2) is 30.5 Å². The third-order valence-electron chi connectivity index (χ3n) is 3.00. The molecule has 2 rings (SSSR count). The minimum Gasteiger partial charge on any atom is -0.298 e. The molecule has 0 aliphatic heterocycles. The fraction of sp³-hybridized carbons (Fsp3) is 0.333. The highest BCUT2D eigenvalue weighted by molar-refractivity contribution is 5.76. The standard InChI is InChI=1S/C15H18N2O/c1-15(2,3)14-16-13(9-17(14)4)12-7-5-11(10-18)6-8-12/h5-10H,1-4H3/p+1. The van der Waals surface area contributed by atoms with Gasteiger partial charge in [0.15, 0.2) is 5.69 Å². The van der Waals surface area contributed by atoms with Gasteiger partial charge in [-0.25, -0.2) is 9.55 Å². The maximum absolute atomic E-state index is 10.6. The van der Waals surface area contributed by atoms with Gasteiger partial charge in [-0.05, 0) is 32.9 Å². The van der Waals surface area contributed by atoms with Gasteiger partial charge in [-0.15, -0.1) is 0 Å².